The molecule has 1 saturated heterocycles. The minimum absolute atomic E-state index is 0.0637. The quantitative estimate of drug-likeness (QED) is 0.366. The molecule has 2 heterocycles. The summed E-state index contributed by atoms with van der Waals surface area (Å²) >= 11 is 0.983. The molecule has 3 aliphatic rings. The maximum Gasteiger partial charge on any atom is 0.416 e. The Morgan fingerprint density at radius 1 is 1.16 bits per heavy atom. The number of amidine groups is 1. The molecule has 0 bridgehead atoms. The van der Waals surface area contributed by atoms with Crippen LogP contribution in [-0.2, 0) is 11.0 Å². The van der Waals surface area contributed by atoms with E-state index in [9.17, 15) is 28.1 Å². The molecule has 1 atom stereocenters. The van der Waals surface area contributed by atoms with E-state index in [-0.39, 0.29) is 10.5 Å². The standard InChI is InChI=1S/C21H25F3N4O3S/c22-21(23,24)15-10-16-17(13-29)25-20(32-19(16)18(11-15)28(30)31)27-8-6-26(7-9-27)12-14-4-2-1-3-5-14/h10-11,13-14,17H,1-9,12H2. The number of piperazine rings is 1. The number of halogens is 3. The van der Waals surface area contributed by atoms with Crippen LogP contribution in [0.2, 0.25) is 0 Å². The Hall–Kier alpha value is -2.14. The van der Waals surface area contributed by atoms with Crippen molar-refractivity contribution in [2.45, 2.75) is 49.2 Å². The molecule has 7 nitrogen and oxygen atoms in total. The van der Waals surface area contributed by atoms with Crippen molar-refractivity contribution in [2.24, 2.45) is 10.9 Å². The number of hydrogen-bond acceptors (Lipinski definition) is 7. The Kier molecular flexibility index (Phi) is 6.75. The van der Waals surface area contributed by atoms with Gasteiger partial charge in [0.05, 0.1) is 15.4 Å². The minimum Gasteiger partial charge on any atom is -0.349 e. The first-order valence-corrected chi connectivity index (χ1v) is 11.7. The van der Waals surface area contributed by atoms with Crippen LogP contribution in [0, 0.1) is 16.0 Å². The zero-order valence-electron chi connectivity index (χ0n) is 17.5. The second-order valence-corrected chi connectivity index (χ2v) is 9.53. The van der Waals surface area contributed by atoms with Crippen LogP contribution in [0.25, 0.3) is 0 Å². The number of benzene rings is 1. The monoisotopic (exact) mass is 470 g/mol. The lowest BCUT2D eigenvalue weighted by Gasteiger charge is -2.39. The molecule has 1 saturated carbocycles. The van der Waals surface area contributed by atoms with Crippen LogP contribution in [0.5, 0.6) is 0 Å². The van der Waals surface area contributed by atoms with Gasteiger partial charge in [0.15, 0.2) is 5.17 Å². The molecule has 0 amide bonds. The van der Waals surface area contributed by atoms with Crippen molar-refractivity contribution >= 4 is 28.9 Å². The number of aliphatic imine (C=N–C) groups is 1. The molecule has 2 aliphatic heterocycles. The molecule has 1 unspecified atom stereocenters. The fraction of sp³-hybridized carbons (Fsp3) is 0.619. The zero-order valence-corrected chi connectivity index (χ0v) is 18.3. The zero-order chi connectivity index (χ0) is 22.9. The maximum absolute atomic E-state index is 13.2. The minimum atomic E-state index is -4.75. The molecule has 32 heavy (non-hydrogen) atoms. The molecule has 0 N–H and O–H groups in total. The normalized spacial score (nSPS) is 22.9. The first-order chi connectivity index (χ1) is 15.3. The number of aldehydes is 1. The van der Waals surface area contributed by atoms with Crippen molar-refractivity contribution in [3.63, 3.8) is 0 Å². The van der Waals surface area contributed by atoms with Gasteiger partial charge in [-0.05, 0) is 36.6 Å². The predicted molar refractivity (Wildman–Crippen MR) is 115 cm³/mol. The Morgan fingerprint density at radius 2 is 1.84 bits per heavy atom. The second kappa shape index (κ2) is 9.38. The largest absolute Gasteiger partial charge is 0.416 e. The molecular weight excluding hydrogens is 445 g/mol. The number of nitro benzene ring substituents is 1. The lowest BCUT2D eigenvalue weighted by atomic mass is 9.89. The number of thioether (sulfide) groups is 1. The van der Waals surface area contributed by atoms with E-state index in [0.717, 1.165) is 43.4 Å². The lowest BCUT2D eigenvalue weighted by molar-refractivity contribution is -0.388. The van der Waals surface area contributed by atoms with Crippen LogP contribution >= 0.6 is 11.8 Å². The summed E-state index contributed by atoms with van der Waals surface area (Å²) < 4.78 is 39.7. The van der Waals surface area contributed by atoms with Crippen LogP contribution in [0.15, 0.2) is 22.0 Å². The van der Waals surface area contributed by atoms with Gasteiger partial charge in [0.2, 0.25) is 0 Å². The van der Waals surface area contributed by atoms with E-state index in [0.29, 0.717) is 30.6 Å². The number of rotatable bonds is 4. The average molecular weight is 471 g/mol. The van der Waals surface area contributed by atoms with E-state index in [2.05, 4.69) is 9.89 Å². The number of fused-ring (bicyclic) bond motifs is 1. The van der Waals surface area contributed by atoms with Gasteiger partial charge in [-0.2, -0.15) is 13.2 Å². The highest BCUT2D eigenvalue weighted by atomic mass is 32.2. The second-order valence-electron chi connectivity index (χ2n) is 8.55. The number of alkyl halides is 3. The average Bonchev–Trinajstić information content (AvgIpc) is 2.78. The van der Waals surface area contributed by atoms with Crippen molar-refractivity contribution in [1.82, 2.24) is 9.80 Å². The molecule has 4 rings (SSSR count). The number of carbonyl (C=O) groups is 1. The van der Waals surface area contributed by atoms with Gasteiger partial charge in [0.25, 0.3) is 5.69 Å². The van der Waals surface area contributed by atoms with E-state index in [1.54, 1.807) is 0 Å². The third kappa shape index (κ3) is 4.93. The summed E-state index contributed by atoms with van der Waals surface area (Å²) in [5.74, 6) is 0.730. The molecule has 1 aliphatic carbocycles. The van der Waals surface area contributed by atoms with E-state index < -0.39 is 28.4 Å². The number of nitrogens with zero attached hydrogens (tertiary/aromatic N) is 4. The summed E-state index contributed by atoms with van der Waals surface area (Å²) in [6.07, 6.45) is 2.13. The summed E-state index contributed by atoms with van der Waals surface area (Å²) in [6.45, 7) is 4.04. The first kappa shape index (κ1) is 23.0. The fourth-order valence-electron chi connectivity index (χ4n) is 4.68. The van der Waals surface area contributed by atoms with Gasteiger partial charge in [-0.25, -0.2) is 4.99 Å². The van der Waals surface area contributed by atoms with E-state index >= 15 is 0 Å². The fourth-order valence-corrected chi connectivity index (χ4v) is 5.87. The summed E-state index contributed by atoms with van der Waals surface area (Å²) in [6, 6.07) is 0.151. The highest BCUT2D eigenvalue weighted by Gasteiger charge is 2.38. The van der Waals surface area contributed by atoms with Crippen LogP contribution < -0.4 is 0 Å². The molecule has 2 fully saturated rings. The molecule has 0 aromatic heterocycles. The summed E-state index contributed by atoms with van der Waals surface area (Å²) in [5.41, 5.74) is -1.86. The molecule has 0 spiro atoms. The highest BCUT2D eigenvalue weighted by Crippen LogP contribution is 2.45. The van der Waals surface area contributed by atoms with Gasteiger partial charge < -0.3 is 9.69 Å². The van der Waals surface area contributed by atoms with Crippen molar-refractivity contribution in [1.29, 1.82) is 0 Å². The third-order valence-electron chi connectivity index (χ3n) is 6.40. The van der Waals surface area contributed by atoms with Gasteiger partial charge in [-0.1, -0.05) is 19.3 Å². The van der Waals surface area contributed by atoms with Gasteiger partial charge in [0.1, 0.15) is 12.3 Å². The Labute approximate surface area is 188 Å². The maximum atomic E-state index is 13.2. The summed E-state index contributed by atoms with van der Waals surface area (Å²) in [7, 11) is 0. The lowest BCUT2D eigenvalue weighted by Crippen LogP contribution is -2.49. The van der Waals surface area contributed by atoms with Crippen LogP contribution in [0.4, 0.5) is 18.9 Å². The number of carbonyl (C=O) groups excluding carboxylic acids is 1. The van der Waals surface area contributed by atoms with Crippen molar-refractivity contribution in [3.05, 3.63) is 33.4 Å². The molecule has 11 heteroatoms. The molecule has 1 aromatic carbocycles. The molecule has 1 aromatic rings. The summed E-state index contributed by atoms with van der Waals surface area (Å²) in [5, 5.41) is 12.0. The molecule has 0 radical (unpaired) electrons. The summed E-state index contributed by atoms with van der Waals surface area (Å²) in [4.78, 5) is 31.2. The van der Waals surface area contributed by atoms with Crippen LogP contribution in [0.3, 0.4) is 0 Å². The van der Waals surface area contributed by atoms with E-state index in [1.807, 2.05) is 4.90 Å². The van der Waals surface area contributed by atoms with Crippen molar-refractivity contribution < 1.29 is 22.9 Å². The smallest absolute Gasteiger partial charge is 0.349 e. The molecule has 174 valence electrons. The number of nitro groups is 1. The van der Waals surface area contributed by atoms with Gasteiger partial charge >= 0.3 is 6.18 Å². The Morgan fingerprint density at radius 3 is 2.44 bits per heavy atom. The van der Waals surface area contributed by atoms with Crippen molar-refractivity contribution in [2.75, 3.05) is 32.7 Å². The third-order valence-corrected chi connectivity index (χ3v) is 7.59. The van der Waals surface area contributed by atoms with Crippen LogP contribution in [-0.4, -0.2) is 58.9 Å². The Bertz CT molecular complexity index is 910. The van der Waals surface area contributed by atoms with Gasteiger partial charge in [0, 0.05) is 44.4 Å². The topological polar surface area (TPSA) is 79.0 Å². The van der Waals surface area contributed by atoms with Gasteiger partial charge in [-0.15, -0.1) is 0 Å². The van der Waals surface area contributed by atoms with Gasteiger partial charge in [-0.3, -0.25) is 15.0 Å². The Balaban J connectivity index is 1.51. The SMILES string of the molecule is O=CC1N=C(N2CCN(CC3CCCCC3)CC2)Sc2c1cc(C(F)(F)F)cc2[N+](=O)[O-]. The van der Waals surface area contributed by atoms with E-state index in [1.165, 1.54) is 32.1 Å². The first-order valence-electron chi connectivity index (χ1n) is 10.8. The van der Waals surface area contributed by atoms with Crippen LogP contribution in [0.1, 0.15) is 49.3 Å². The predicted octanol–water partition coefficient (Wildman–Crippen LogP) is 4.51. The highest BCUT2D eigenvalue weighted by molar-refractivity contribution is 8.14. The van der Waals surface area contributed by atoms with Crippen molar-refractivity contribution in [3.8, 4) is 0 Å². The van der Waals surface area contributed by atoms with E-state index in [4.69, 9.17) is 0 Å². The molecular formula is C21H25F3N4O3S. The number of hydrogen-bond donors (Lipinski definition) is 0.